The van der Waals surface area contributed by atoms with Gasteiger partial charge >= 0.3 is 6.09 Å². The van der Waals surface area contributed by atoms with Gasteiger partial charge in [-0.2, -0.15) is 0 Å². The Bertz CT molecular complexity index is 884. The summed E-state index contributed by atoms with van der Waals surface area (Å²) < 4.78 is 12.4. The van der Waals surface area contributed by atoms with E-state index in [-0.39, 0.29) is 6.09 Å². The largest absolute Gasteiger partial charge is 0.494 e. The van der Waals surface area contributed by atoms with Crippen molar-refractivity contribution >= 4 is 22.0 Å². The van der Waals surface area contributed by atoms with E-state index in [9.17, 15) is 4.79 Å². The van der Waals surface area contributed by atoms with Gasteiger partial charge in [0.25, 0.3) is 0 Å². The average Bonchev–Trinajstić information content (AvgIpc) is 2.80. The summed E-state index contributed by atoms with van der Waals surface area (Å²) in [7, 11) is 0. The summed E-state index contributed by atoms with van der Waals surface area (Å²) in [4.78, 5) is 16.6. The summed E-state index contributed by atoms with van der Waals surface area (Å²) in [5, 5.41) is 0. The molecule has 1 atom stereocenters. The second kappa shape index (κ2) is 11.2. The van der Waals surface area contributed by atoms with Crippen LogP contribution in [0.1, 0.15) is 30.9 Å². The topological polar surface area (TPSA) is 42.0 Å². The average molecular weight is 501 g/mol. The van der Waals surface area contributed by atoms with Crippen LogP contribution in [-0.2, 0) is 17.7 Å². The van der Waals surface area contributed by atoms with Crippen molar-refractivity contribution in [1.29, 1.82) is 0 Å². The van der Waals surface area contributed by atoms with Crippen molar-refractivity contribution in [3.63, 3.8) is 0 Å². The monoisotopic (exact) mass is 500 g/mol. The highest BCUT2D eigenvalue weighted by Gasteiger charge is 2.30. The minimum Gasteiger partial charge on any atom is -0.494 e. The van der Waals surface area contributed by atoms with E-state index < -0.39 is 0 Å². The Labute approximate surface area is 199 Å². The highest BCUT2D eigenvalue weighted by molar-refractivity contribution is 9.10. The van der Waals surface area contributed by atoms with Crippen LogP contribution in [0.2, 0.25) is 0 Å². The fourth-order valence-corrected chi connectivity index (χ4v) is 5.18. The lowest BCUT2D eigenvalue weighted by atomic mass is 9.89. The molecule has 1 amide bonds. The number of rotatable bonds is 8. The predicted molar refractivity (Wildman–Crippen MR) is 130 cm³/mol. The van der Waals surface area contributed by atoms with Gasteiger partial charge < -0.3 is 19.3 Å². The standard InChI is InChI=1S/C26H33BrN2O3/c1-2-31-24-8-9-25(27)23(15-24)14-20-10-12-28(13-11-20)16-22-18-29(26(30)32-19-22)17-21-6-4-3-5-7-21/h3-9,15,20,22H,2,10-14,16-19H2,1H3. The number of hydrogen-bond acceptors (Lipinski definition) is 4. The van der Waals surface area contributed by atoms with Gasteiger partial charge in [-0.3, -0.25) is 0 Å². The molecule has 2 aliphatic heterocycles. The highest BCUT2D eigenvalue weighted by atomic mass is 79.9. The molecular weight excluding hydrogens is 468 g/mol. The number of benzene rings is 2. The minimum absolute atomic E-state index is 0.191. The van der Waals surface area contributed by atoms with E-state index >= 15 is 0 Å². The number of cyclic esters (lactones) is 1. The molecule has 0 radical (unpaired) electrons. The molecule has 2 aliphatic rings. The molecule has 0 aromatic heterocycles. The highest BCUT2D eigenvalue weighted by Crippen LogP contribution is 2.29. The molecule has 4 rings (SSSR count). The van der Waals surface area contributed by atoms with Crippen molar-refractivity contribution in [2.45, 2.75) is 32.7 Å². The van der Waals surface area contributed by atoms with Gasteiger partial charge in [-0.25, -0.2) is 4.79 Å². The van der Waals surface area contributed by atoms with E-state index in [1.54, 1.807) is 0 Å². The molecule has 6 heteroatoms. The van der Waals surface area contributed by atoms with Gasteiger partial charge in [0.1, 0.15) is 5.75 Å². The quantitative estimate of drug-likeness (QED) is 0.488. The molecular formula is C26H33BrN2O3. The molecule has 2 heterocycles. The van der Waals surface area contributed by atoms with Gasteiger partial charge in [0, 0.05) is 30.0 Å². The van der Waals surface area contributed by atoms with Crippen molar-refractivity contribution in [1.82, 2.24) is 9.80 Å². The summed E-state index contributed by atoms with van der Waals surface area (Å²) >= 11 is 3.71. The second-order valence-electron chi connectivity index (χ2n) is 8.94. The van der Waals surface area contributed by atoms with Gasteiger partial charge in [0.2, 0.25) is 0 Å². The maximum atomic E-state index is 12.2. The summed E-state index contributed by atoms with van der Waals surface area (Å²) in [6.45, 7) is 7.84. The van der Waals surface area contributed by atoms with Crippen molar-refractivity contribution in [3.05, 3.63) is 64.1 Å². The van der Waals surface area contributed by atoms with E-state index in [4.69, 9.17) is 9.47 Å². The molecule has 2 saturated heterocycles. The van der Waals surface area contributed by atoms with Gasteiger partial charge in [-0.15, -0.1) is 0 Å². The van der Waals surface area contributed by atoms with Crippen LogP contribution in [0.25, 0.3) is 0 Å². The number of hydrogen-bond donors (Lipinski definition) is 0. The number of ether oxygens (including phenoxy) is 2. The molecule has 2 fully saturated rings. The molecule has 172 valence electrons. The lowest BCUT2D eigenvalue weighted by Gasteiger charge is -2.38. The lowest BCUT2D eigenvalue weighted by Crippen LogP contribution is -2.47. The van der Waals surface area contributed by atoms with E-state index in [2.05, 4.69) is 45.1 Å². The van der Waals surface area contributed by atoms with E-state index in [0.29, 0.717) is 31.6 Å². The van der Waals surface area contributed by atoms with Gasteiger partial charge in [-0.1, -0.05) is 46.3 Å². The Kier molecular flexibility index (Phi) is 8.09. The molecule has 2 aromatic rings. The maximum absolute atomic E-state index is 12.2. The first-order valence-electron chi connectivity index (χ1n) is 11.7. The van der Waals surface area contributed by atoms with E-state index in [1.165, 1.54) is 22.9 Å². The van der Waals surface area contributed by atoms with Crippen LogP contribution in [-0.4, -0.2) is 55.3 Å². The van der Waals surface area contributed by atoms with E-state index in [0.717, 1.165) is 43.9 Å². The zero-order valence-electron chi connectivity index (χ0n) is 18.8. The van der Waals surface area contributed by atoms with Crippen molar-refractivity contribution < 1.29 is 14.3 Å². The predicted octanol–water partition coefficient (Wildman–Crippen LogP) is 5.37. The van der Waals surface area contributed by atoms with Gasteiger partial charge in [0.05, 0.1) is 13.2 Å². The van der Waals surface area contributed by atoms with Crippen LogP contribution in [0.4, 0.5) is 4.79 Å². The second-order valence-corrected chi connectivity index (χ2v) is 9.80. The van der Waals surface area contributed by atoms with Crippen LogP contribution < -0.4 is 4.74 Å². The number of halogens is 1. The first-order chi connectivity index (χ1) is 15.6. The van der Waals surface area contributed by atoms with Crippen molar-refractivity contribution in [3.8, 4) is 5.75 Å². The van der Waals surface area contributed by atoms with Gasteiger partial charge in [-0.05, 0) is 74.5 Å². The minimum atomic E-state index is -0.191. The zero-order valence-corrected chi connectivity index (χ0v) is 20.4. The summed E-state index contributed by atoms with van der Waals surface area (Å²) in [5.74, 6) is 2.01. The summed E-state index contributed by atoms with van der Waals surface area (Å²) in [6.07, 6.45) is 3.29. The molecule has 0 aliphatic carbocycles. The Balaban J connectivity index is 1.25. The fourth-order valence-electron chi connectivity index (χ4n) is 4.78. The molecule has 1 unspecified atom stereocenters. The van der Waals surface area contributed by atoms with E-state index in [1.807, 2.05) is 36.1 Å². The molecule has 32 heavy (non-hydrogen) atoms. The third kappa shape index (κ3) is 6.26. The zero-order chi connectivity index (χ0) is 22.3. The van der Waals surface area contributed by atoms with Gasteiger partial charge in [0.15, 0.2) is 0 Å². The molecule has 5 nitrogen and oxygen atoms in total. The van der Waals surface area contributed by atoms with Crippen molar-refractivity contribution in [2.75, 3.05) is 39.4 Å². The lowest BCUT2D eigenvalue weighted by molar-refractivity contribution is 0.0242. The third-order valence-electron chi connectivity index (χ3n) is 6.46. The molecule has 0 spiro atoms. The Hall–Kier alpha value is -2.05. The normalized spacial score (nSPS) is 20.2. The Morgan fingerprint density at radius 1 is 1.09 bits per heavy atom. The SMILES string of the molecule is CCOc1ccc(Br)c(CC2CCN(CC3COC(=O)N(Cc4ccccc4)C3)CC2)c1. The molecule has 2 aromatic carbocycles. The Morgan fingerprint density at radius 2 is 1.88 bits per heavy atom. The molecule has 0 bridgehead atoms. The van der Waals surface area contributed by atoms with Crippen LogP contribution in [0.3, 0.4) is 0 Å². The molecule has 0 N–H and O–H groups in total. The fraction of sp³-hybridized carbons (Fsp3) is 0.500. The maximum Gasteiger partial charge on any atom is 0.410 e. The summed E-state index contributed by atoms with van der Waals surface area (Å²) in [5.41, 5.74) is 2.48. The number of carbonyl (C=O) groups excluding carboxylic acids is 1. The first kappa shape index (κ1) is 23.1. The number of likely N-dealkylation sites (tertiary alicyclic amines) is 1. The Morgan fingerprint density at radius 3 is 2.62 bits per heavy atom. The van der Waals surface area contributed by atoms with Crippen LogP contribution >= 0.6 is 15.9 Å². The van der Waals surface area contributed by atoms with Crippen LogP contribution in [0.5, 0.6) is 5.75 Å². The first-order valence-corrected chi connectivity index (χ1v) is 12.5. The number of nitrogens with zero attached hydrogens (tertiary/aromatic N) is 2. The number of carbonyl (C=O) groups is 1. The number of piperidine rings is 1. The van der Waals surface area contributed by atoms with Crippen LogP contribution in [0, 0.1) is 11.8 Å². The van der Waals surface area contributed by atoms with Crippen molar-refractivity contribution in [2.24, 2.45) is 11.8 Å². The summed E-state index contributed by atoms with van der Waals surface area (Å²) in [6, 6.07) is 16.4. The third-order valence-corrected chi connectivity index (χ3v) is 7.23. The van der Waals surface area contributed by atoms with Crippen LogP contribution in [0.15, 0.2) is 53.0 Å². The molecule has 0 saturated carbocycles. The number of amides is 1. The smallest absolute Gasteiger partial charge is 0.410 e.